The van der Waals surface area contributed by atoms with Gasteiger partial charge < -0.3 is 32.9 Å². The minimum atomic E-state index is -5.92. The maximum absolute atomic E-state index is 9.36. The molecule has 0 aliphatic carbocycles. The van der Waals surface area contributed by atoms with Crippen molar-refractivity contribution in [2.75, 3.05) is 0 Å². The second-order valence-electron chi connectivity index (χ2n) is 1.10. The molecule has 56 valence electrons. The van der Waals surface area contributed by atoms with Crippen molar-refractivity contribution in [3.8, 4) is 0 Å². The molecule has 0 unspecified atom stereocenters. The van der Waals surface area contributed by atoms with Gasteiger partial charge in [-0.3, -0.25) is 0 Å². The molecule has 0 aromatic rings. The Labute approximate surface area is 108 Å². The Hall–Kier alpha value is 2.13. The van der Waals surface area contributed by atoms with Gasteiger partial charge in [0.05, 0.1) is 0 Å². The van der Waals surface area contributed by atoms with E-state index in [4.69, 9.17) is 0 Å². The summed E-state index contributed by atoms with van der Waals surface area (Å²) in [7, 11) is -11.8. The molecule has 7 nitrogen and oxygen atoms in total. The predicted molar refractivity (Wildman–Crippen MR) is 18.3 cm³/mol. The molecule has 0 spiro atoms. The fourth-order valence-corrected chi connectivity index (χ4v) is 1.38. The van der Waals surface area contributed by atoms with Gasteiger partial charge in [0.25, 0.3) is 0 Å². The summed E-state index contributed by atoms with van der Waals surface area (Å²) in [6, 6.07) is 0. The number of hydrogen-bond acceptors (Lipinski definition) is 7. The Morgan fingerprint density at radius 1 is 0.727 bits per heavy atom. The SMILES string of the molecule is [In+3].[O-][Si]([O-])([O-])O[Si]([O-])([O-])[O-].[Y+3]. The second kappa shape index (κ2) is 6.56. The van der Waals surface area contributed by atoms with Gasteiger partial charge in [0, 0.05) is 0 Å². The maximum Gasteiger partial charge on any atom is 3.00 e. The van der Waals surface area contributed by atoms with Gasteiger partial charge in [0.1, 0.15) is 0 Å². The Morgan fingerprint density at radius 3 is 0.909 bits per heavy atom. The molecule has 0 amide bonds. The fourth-order valence-electron chi connectivity index (χ4n) is 0.153. The van der Waals surface area contributed by atoms with E-state index in [0.29, 0.717) is 0 Å². The van der Waals surface area contributed by atoms with E-state index in [1.165, 1.54) is 0 Å². The van der Waals surface area contributed by atoms with Crippen molar-refractivity contribution in [2.45, 2.75) is 0 Å². The first-order valence-corrected chi connectivity index (χ1v) is 4.90. The van der Waals surface area contributed by atoms with Crippen LogP contribution in [-0.4, -0.2) is 43.9 Å². The molecule has 0 bridgehead atoms. The van der Waals surface area contributed by atoms with E-state index in [-0.39, 0.29) is 58.6 Å². The molecule has 11 heavy (non-hydrogen) atoms. The number of rotatable bonds is 2. The molecule has 0 aromatic carbocycles. The molecule has 11 heteroatoms. The van der Waals surface area contributed by atoms with E-state index < -0.39 is 18.1 Å². The fraction of sp³-hybridized carbons (Fsp3) is 0. The van der Waals surface area contributed by atoms with Crippen LogP contribution in [0.1, 0.15) is 0 Å². The minimum absolute atomic E-state index is 0. The normalized spacial score (nSPS) is 11.5. The molecule has 0 aliphatic rings. The summed E-state index contributed by atoms with van der Waals surface area (Å²) in [6.45, 7) is 0. The Bertz CT molecular complexity index is 81.6. The van der Waals surface area contributed by atoms with Crippen LogP contribution in [-0.2, 0) is 36.8 Å². The molecule has 0 atom stereocenters. The van der Waals surface area contributed by atoms with Crippen LogP contribution in [0.25, 0.3) is 0 Å². The molecular weight excluding hydrogens is 372 g/mol. The van der Waals surface area contributed by atoms with Crippen LogP contribution in [0.15, 0.2) is 0 Å². The van der Waals surface area contributed by atoms with Crippen LogP contribution in [0.2, 0.25) is 0 Å². The van der Waals surface area contributed by atoms with Crippen molar-refractivity contribution in [2.24, 2.45) is 0 Å². The van der Waals surface area contributed by atoms with Gasteiger partial charge in [0.15, 0.2) is 0 Å². The van der Waals surface area contributed by atoms with Gasteiger partial charge in [0.2, 0.25) is 0 Å². The predicted octanol–water partition coefficient (Wildman–Crippen LogP) is -8.35. The van der Waals surface area contributed by atoms with Crippen LogP contribution in [0.3, 0.4) is 0 Å². The summed E-state index contributed by atoms with van der Waals surface area (Å²) in [4.78, 5) is 56.2. The molecule has 0 aliphatic heterocycles. The van der Waals surface area contributed by atoms with Gasteiger partial charge in [-0.05, 0) is 0 Å². The van der Waals surface area contributed by atoms with E-state index >= 15 is 0 Å². The van der Waals surface area contributed by atoms with E-state index in [2.05, 4.69) is 4.12 Å². The van der Waals surface area contributed by atoms with E-state index in [9.17, 15) is 28.8 Å². The molecule has 0 radical (unpaired) electrons. The standard InChI is InChI=1S/In.O7Si2.Y/c;1-8(2,3)7-9(4,5)6;/q+3;-6;+3. The van der Waals surface area contributed by atoms with Crippen molar-refractivity contribution < 1.29 is 65.6 Å². The molecular formula is InO7Si2Y. The smallest absolute Gasteiger partial charge is 0.862 e. The first-order chi connectivity index (χ1) is 3.71. The number of hydrogen-bond donors (Lipinski definition) is 0. The zero-order valence-corrected chi connectivity index (χ0v) is 13.1. The van der Waals surface area contributed by atoms with Crippen LogP contribution in [0.5, 0.6) is 0 Å². The molecule has 0 rings (SSSR count). The van der Waals surface area contributed by atoms with Gasteiger partial charge >= 0.3 is 58.6 Å². The third kappa shape index (κ3) is 18.8. The summed E-state index contributed by atoms with van der Waals surface area (Å²) in [5, 5.41) is 0. The molecule has 0 heterocycles. The summed E-state index contributed by atoms with van der Waals surface area (Å²) in [6.07, 6.45) is 0. The van der Waals surface area contributed by atoms with Crippen LogP contribution >= 0.6 is 0 Å². The Kier molecular flexibility index (Phi) is 11.2. The summed E-state index contributed by atoms with van der Waals surface area (Å²) >= 11 is 0. The van der Waals surface area contributed by atoms with Crippen molar-refractivity contribution in [3.05, 3.63) is 0 Å². The Balaban J connectivity index is -0.000000320. The van der Waals surface area contributed by atoms with Crippen LogP contribution in [0, 0.1) is 0 Å². The van der Waals surface area contributed by atoms with Crippen molar-refractivity contribution in [3.63, 3.8) is 0 Å². The molecule has 0 saturated heterocycles. The van der Waals surface area contributed by atoms with E-state index in [1.807, 2.05) is 0 Å². The van der Waals surface area contributed by atoms with Gasteiger partial charge in [-0.25, -0.2) is 0 Å². The summed E-state index contributed by atoms with van der Waals surface area (Å²) in [5.74, 6) is 0. The molecule has 0 saturated carbocycles. The maximum atomic E-state index is 9.36. The Morgan fingerprint density at radius 2 is 0.909 bits per heavy atom. The van der Waals surface area contributed by atoms with Crippen LogP contribution < -0.4 is 28.8 Å². The molecule has 0 fully saturated rings. The minimum Gasteiger partial charge on any atom is -0.862 e. The van der Waals surface area contributed by atoms with E-state index in [0.717, 1.165) is 0 Å². The summed E-state index contributed by atoms with van der Waals surface area (Å²) < 4.78 is 2.57. The molecule has 0 N–H and O–H groups in total. The topological polar surface area (TPSA) is 148 Å². The average Bonchev–Trinajstić information content (AvgIpc) is 1.14. The van der Waals surface area contributed by atoms with Crippen molar-refractivity contribution in [1.29, 1.82) is 0 Å². The van der Waals surface area contributed by atoms with Crippen molar-refractivity contribution in [1.82, 2.24) is 0 Å². The van der Waals surface area contributed by atoms with Crippen LogP contribution in [0.4, 0.5) is 0 Å². The van der Waals surface area contributed by atoms with Gasteiger partial charge in [-0.15, -0.1) is 18.1 Å². The van der Waals surface area contributed by atoms with Gasteiger partial charge in [-0.1, -0.05) is 0 Å². The zero-order valence-electron chi connectivity index (χ0n) is 5.01. The average molecular weight is 372 g/mol. The van der Waals surface area contributed by atoms with Crippen molar-refractivity contribution >= 4 is 43.9 Å². The molecule has 0 aromatic heterocycles. The zero-order chi connectivity index (χ0) is 7.71. The second-order valence-corrected chi connectivity index (χ2v) is 3.92. The van der Waals surface area contributed by atoms with E-state index in [1.54, 1.807) is 0 Å². The first kappa shape index (κ1) is 18.8. The largest absolute Gasteiger partial charge is 3.00 e. The quantitative estimate of drug-likeness (QED) is 0.437. The monoisotopic (exact) mass is 372 g/mol. The third-order valence-electron chi connectivity index (χ3n) is 0.250. The third-order valence-corrected chi connectivity index (χ3v) is 2.25. The van der Waals surface area contributed by atoms with Gasteiger partial charge in [-0.2, -0.15) is 0 Å². The summed E-state index contributed by atoms with van der Waals surface area (Å²) in [5.41, 5.74) is 0. The first-order valence-electron chi connectivity index (χ1n) is 1.63.